The summed E-state index contributed by atoms with van der Waals surface area (Å²) in [4.78, 5) is 24.6. The third kappa shape index (κ3) is 4.82. The summed E-state index contributed by atoms with van der Waals surface area (Å²) < 4.78 is 17.2. The maximum atomic E-state index is 12.3. The Hall–Kier alpha value is -2.86. The van der Waals surface area contributed by atoms with Crippen molar-refractivity contribution in [3.63, 3.8) is 0 Å². The van der Waals surface area contributed by atoms with Crippen LogP contribution in [-0.4, -0.2) is 31.6 Å². The number of benzene rings is 2. The Bertz CT molecular complexity index is 709. The van der Waals surface area contributed by atoms with Gasteiger partial charge in [0.2, 0.25) is 0 Å². The number of amides is 1. The first kappa shape index (κ1) is 16.0. The summed E-state index contributed by atoms with van der Waals surface area (Å²) >= 11 is 0. The van der Waals surface area contributed by atoms with Crippen molar-refractivity contribution in [3.05, 3.63) is 65.7 Å². The number of carbonyl (C=O) groups is 2. The van der Waals surface area contributed by atoms with Crippen molar-refractivity contribution in [2.75, 3.05) is 19.4 Å². The van der Waals surface area contributed by atoms with Gasteiger partial charge in [0, 0.05) is 12.8 Å². The average molecular weight is 329 g/mol. The first-order chi connectivity index (χ1) is 12.1. The van der Waals surface area contributed by atoms with Crippen LogP contribution < -0.4 is 11.1 Å². The van der Waals surface area contributed by atoms with E-state index in [-0.39, 0.29) is 25.9 Å². The first-order valence-corrected chi connectivity index (χ1v) is 7.34. The van der Waals surface area contributed by atoms with Gasteiger partial charge in [-0.1, -0.05) is 42.5 Å². The van der Waals surface area contributed by atoms with Crippen LogP contribution in [0.15, 0.2) is 54.6 Å². The number of anilines is 1. The minimum absolute atomic E-state index is 0.0837. The van der Waals surface area contributed by atoms with E-state index < -0.39 is 17.9 Å². The highest BCUT2D eigenvalue weighted by molar-refractivity contribution is 6.00. The molecule has 126 valence electrons. The number of rotatable bonds is 7. The molecule has 2 rings (SSSR count). The van der Waals surface area contributed by atoms with Crippen molar-refractivity contribution in [2.45, 2.75) is 12.6 Å². The Morgan fingerprint density at radius 1 is 1.17 bits per heavy atom. The Morgan fingerprint density at radius 3 is 2.58 bits per heavy atom. The normalized spacial score (nSPS) is 12.1. The monoisotopic (exact) mass is 329 g/mol. The Kier molecular flexibility index (Phi) is 5.80. The fourth-order valence-corrected chi connectivity index (χ4v) is 2.06. The minimum atomic E-state index is -1.03. The molecule has 0 unspecified atom stereocenters. The molecular weight excluding hydrogens is 308 g/mol. The van der Waals surface area contributed by atoms with Crippen molar-refractivity contribution in [1.82, 2.24) is 5.32 Å². The third-order valence-electron chi connectivity index (χ3n) is 3.30. The molecule has 0 aromatic heterocycles. The summed E-state index contributed by atoms with van der Waals surface area (Å²) in [5.74, 6) is -1.14. The molecule has 0 saturated carbocycles. The Balaban J connectivity index is 2.00. The molecule has 0 spiro atoms. The van der Waals surface area contributed by atoms with Crippen LogP contribution in [0.25, 0.3) is 0 Å². The van der Waals surface area contributed by atoms with E-state index in [1.807, 2.05) is 30.3 Å². The van der Waals surface area contributed by atoms with Crippen LogP contribution in [0.1, 0.15) is 17.3 Å². The van der Waals surface area contributed by atoms with Crippen LogP contribution in [0.3, 0.4) is 0 Å². The number of esters is 1. The standard InChI is InChI=1S/C18H20N2O4/c1-23-12-16(18(22)24-11-13-7-3-2-4-8-13)20-17(21)14-9-5-6-10-15(14)19/h2-10,16H,11-12,19H2,1H3,(H,20,21)/t16-/m0/s1/i1D. The molecule has 0 bridgehead atoms. The molecule has 3 N–H and O–H groups in total. The second-order valence-corrected chi connectivity index (χ2v) is 5.08. The summed E-state index contributed by atoms with van der Waals surface area (Å²) in [6.07, 6.45) is 0. The lowest BCUT2D eigenvalue weighted by molar-refractivity contribution is -0.148. The first-order valence-electron chi connectivity index (χ1n) is 8.05. The fourth-order valence-electron chi connectivity index (χ4n) is 2.06. The van der Waals surface area contributed by atoms with Gasteiger partial charge in [-0.15, -0.1) is 0 Å². The second kappa shape index (κ2) is 8.69. The molecule has 1 amide bonds. The molecule has 2 aromatic carbocycles. The molecular formula is C18H20N2O4. The van der Waals surface area contributed by atoms with Crippen molar-refractivity contribution in [3.8, 4) is 0 Å². The molecule has 0 saturated heterocycles. The van der Waals surface area contributed by atoms with Crippen molar-refractivity contribution >= 4 is 17.6 Å². The van der Waals surface area contributed by atoms with Gasteiger partial charge in [0.05, 0.1) is 13.5 Å². The second-order valence-electron chi connectivity index (χ2n) is 5.08. The van der Waals surface area contributed by atoms with Gasteiger partial charge in [-0.2, -0.15) is 0 Å². The summed E-state index contributed by atoms with van der Waals surface area (Å²) in [7, 11) is -0.328. The number of nitrogens with two attached hydrogens (primary N) is 1. The molecule has 6 nitrogen and oxygen atoms in total. The lowest BCUT2D eigenvalue weighted by atomic mass is 10.1. The molecule has 2 aromatic rings. The lowest BCUT2D eigenvalue weighted by Crippen LogP contribution is -2.45. The zero-order valence-corrected chi connectivity index (χ0v) is 13.1. The predicted octanol–water partition coefficient (Wildman–Crippen LogP) is 1.76. The smallest absolute Gasteiger partial charge is 0.331 e. The Labute approximate surface area is 142 Å². The largest absolute Gasteiger partial charge is 0.459 e. The van der Waals surface area contributed by atoms with E-state index in [4.69, 9.17) is 16.6 Å². The summed E-state index contributed by atoms with van der Waals surface area (Å²) in [5.41, 5.74) is 7.16. The van der Waals surface area contributed by atoms with Crippen LogP contribution in [0.2, 0.25) is 0 Å². The van der Waals surface area contributed by atoms with Gasteiger partial charge in [0.15, 0.2) is 6.04 Å². The quantitative estimate of drug-likeness (QED) is 0.597. The van der Waals surface area contributed by atoms with Crippen molar-refractivity contribution in [1.29, 1.82) is 0 Å². The predicted molar refractivity (Wildman–Crippen MR) is 90.2 cm³/mol. The highest BCUT2D eigenvalue weighted by atomic mass is 16.5. The molecule has 0 aliphatic heterocycles. The van der Waals surface area contributed by atoms with Crippen LogP contribution in [0, 0.1) is 0 Å². The molecule has 1 atom stereocenters. The molecule has 0 radical (unpaired) electrons. The van der Waals surface area contributed by atoms with E-state index in [0.29, 0.717) is 5.69 Å². The highest BCUT2D eigenvalue weighted by Gasteiger charge is 2.23. The van der Waals surface area contributed by atoms with Gasteiger partial charge in [-0.05, 0) is 17.7 Å². The fraction of sp³-hybridized carbons (Fsp3) is 0.222. The average Bonchev–Trinajstić information content (AvgIpc) is 2.64. The van der Waals surface area contributed by atoms with Crippen LogP contribution in [0.5, 0.6) is 0 Å². The van der Waals surface area contributed by atoms with E-state index >= 15 is 0 Å². The molecule has 0 aliphatic rings. The number of ether oxygens (including phenoxy) is 2. The highest BCUT2D eigenvalue weighted by Crippen LogP contribution is 2.11. The van der Waals surface area contributed by atoms with E-state index in [1.54, 1.807) is 24.3 Å². The number of para-hydroxylation sites is 1. The van der Waals surface area contributed by atoms with E-state index in [2.05, 4.69) is 5.32 Å². The number of hydrogen-bond donors (Lipinski definition) is 2. The number of nitrogens with one attached hydrogen (secondary N) is 1. The maximum Gasteiger partial charge on any atom is 0.331 e. The summed E-state index contributed by atoms with van der Waals surface area (Å²) in [5, 5.41) is 2.54. The lowest BCUT2D eigenvalue weighted by Gasteiger charge is -2.17. The number of hydrogen-bond acceptors (Lipinski definition) is 5. The van der Waals surface area contributed by atoms with Gasteiger partial charge in [-0.25, -0.2) is 4.79 Å². The van der Waals surface area contributed by atoms with E-state index in [1.165, 1.54) is 0 Å². The van der Waals surface area contributed by atoms with Crippen LogP contribution in [0.4, 0.5) is 5.69 Å². The molecule has 0 heterocycles. The van der Waals surface area contributed by atoms with Gasteiger partial charge in [0.25, 0.3) is 5.91 Å². The van der Waals surface area contributed by atoms with Crippen molar-refractivity contribution in [2.24, 2.45) is 0 Å². The minimum Gasteiger partial charge on any atom is -0.459 e. The van der Waals surface area contributed by atoms with E-state index in [9.17, 15) is 9.59 Å². The van der Waals surface area contributed by atoms with Gasteiger partial charge in [0.1, 0.15) is 6.61 Å². The molecule has 24 heavy (non-hydrogen) atoms. The molecule has 6 heteroatoms. The topological polar surface area (TPSA) is 90.6 Å². The number of nitrogen functional groups attached to an aromatic ring is 1. The zero-order valence-electron chi connectivity index (χ0n) is 14.1. The SMILES string of the molecule is [2H]COC[C@H](NC(=O)c1ccccc1N)C(=O)OCc1ccccc1. The van der Waals surface area contributed by atoms with Crippen molar-refractivity contribution < 1.29 is 20.4 Å². The number of methoxy groups -OCH3 is 1. The van der Waals surface area contributed by atoms with Crippen LogP contribution in [-0.2, 0) is 20.9 Å². The molecule has 0 aliphatic carbocycles. The zero-order chi connectivity index (χ0) is 18.1. The van der Waals surface area contributed by atoms with E-state index in [0.717, 1.165) is 5.56 Å². The summed E-state index contributed by atoms with van der Waals surface area (Å²) in [6.45, 7) is -0.0734. The van der Waals surface area contributed by atoms with Crippen LogP contribution >= 0.6 is 0 Å². The Morgan fingerprint density at radius 2 is 1.88 bits per heavy atom. The van der Waals surface area contributed by atoms with Gasteiger partial charge >= 0.3 is 5.97 Å². The number of carbonyl (C=O) groups excluding carboxylic acids is 2. The maximum absolute atomic E-state index is 12.3. The van der Waals surface area contributed by atoms with Gasteiger partial charge < -0.3 is 20.5 Å². The molecule has 0 fully saturated rings. The van der Waals surface area contributed by atoms with Gasteiger partial charge in [-0.3, -0.25) is 4.79 Å². The summed E-state index contributed by atoms with van der Waals surface area (Å²) in [6, 6.07) is 14.7. The third-order valence-corrected chi connectivity index (χ3v) is 3.30.